The van der Waals surface area contributed by atoms with Gasteiger partial charge in [0.15, 0.2) is 5.96 Å². The van der Waals surface area contributed by atoms with E-state index in [9.17, 15) is 5.11 Å². The monoisotopic (exact) mass is 364 g/mol. The zero-order valence-corrected chi connectivity index (χ0v) is 16.0. The molecule has 0 aliphatic carbocycles. The van der Waals surface area contributed by atoms with Crippen molar-refractivity contribution in [3.63, 3.8) is 0 Å². The Morgan fingerprint density at radius 1 is 1.07 bits per heavy atom. The first-order valence-corrected chi connectivity index (χ1v) is 9.45. The second-order valence-electron chi connectivity index (χ2n) is 6.87. The summed E-state index contributed by atoms with van der Waals surface area (Å²) in [4.78, 5) is 7.89. The molecule has 1 aromatic heterocycles. The van der Waals surface area contributed by atoms with E-state index in [0.717, 1.165) is 30.6 Å². The maximum atomic E-state index is 10.7. The lowest BCUT2D eigenvalue weighted by atomic mass is 9.96. The van der Waals surface area contributed by atoms with Gasteiger partial charge in [0.2, 0.25) is 0 Å². The number of aromatic nitrogens is 1. The zero-order chi connectivity index (χ0) is 19.1. The summed E-state index contributed by atoms with van der Waals surface area (Å²) in [6, 6.07) is 18.0. The molecule has 1 atom stereocenters. The van der Waals surface area contributed by atoms with Gasteiger partial charge in [0, 0.05) is 30.2 Å². The number of aliphatic imine (C=N–C) groups is 1. The van der Waals surface area contributed by atoms with Crippen molar-refractivity contribution in [2.45, 2.75) is 25.9 Å². The van der Waals surface area contributed by atoms with Crippen LogP contribution in [0.1, 0.15) is 25.0 Å². The molecule has 2 aromatic carbocycles. The van der Waals surface area contributed by atoms with Gasteiger partial charge in [-0.15, -0.1) is 0 Å². The average molecular weight is 364 g/mol. The van der Waals surface area contributed by atoms with Crippen molar-refractivity contribution in [1.82, 2.24) is 15.6 Å². The molecule has 0 radical (unpaired) electrons. The summed E-state index contributed by atoms with van der Waals surface area (Å²) in [5.41, 5.74) is 2.31. The Hall–Kier alpha value is -2.79. The Labute approximate surface area is 160 Å². The third kappa shape index (κ3) is 4.89. The summed E-state index contributed by atoms with van der Waals surface area (Å²) >= 11 is 0. The Balaban J connectivity index is 1.61. The highest BCUT2D eigenvalue weighted by Gasteiger charge is 2.22. The number of H-pyrrole nitrogens is 1. The Kier molecular flexibility index (Phi) is 6.14. The molecule has 1 unspecified atom stereocenters. The lowest BCUT2D eigenvalue weighted by Gasteiger charge is -2.22. The van der Waals surface area contributed by atoms with Crippen molar-refractivity contribution in [2.24, 2.45) is 4.99 Å². The van der Waals surface area contributed by atoms with E-state index in [1.165, 1.54) is 10.9 Å². The molecule has 4 N–H and O–H groups in total. The fourth-order valence-electron chi connectivity index (χ4n) is 3.12. The first-order chi connectivity index (χ1) is 13.1. The highest BCUT2D eigenvalue weighted by Crippen LogP contribution is 2.20. The highest BCUT2D eigenvalue weighted by atomic mass is 16.3. The second-order valence-corrected chi connectivity index (χ2v) is 6.87. The Morgan fingerprint density at radius 2 is 1.81 bits per heavy atom. The number of hydrogen-bond donors (Lipinski definition) is 4. The minimum atomic E-state index is -1.000. The first-order valence-electron chi connectivity index (χ1n) is 9.45. The van der Waals surface area contributed by atoms with Crippen LogP contribution in [0.15, 0.2) is 65.8 Å². The number of fused-ring (bicyclic) bond motifs is 1. The van der Waals surface area contributed by atoms with Crippen LogP contribution in [0.4, 0.5) is 0 Å². The number of nitrogens with zero attached hydrogens (tertiary/aromatic N) is 1. The van der Waals surface area contributed by atoms with Crippen LogP contribution in [0.3, 0.4) is 0 Å². The van der Waals surface area contributed by atoms with E-state index in [1.807, 2.05) is 43.3 Å². The lowest BCUT2D eigenvalue weighted by Crippen LogP contribution is -2.39. The smallest absolute Gasteiger partial charge is 0.191 e. The number of nitrogens with one attached hydrogen (secondary N) is 3. The van der Waals surface area contributed by atoms with Gasteiger partial charge in [0.1, 0.15) is 5.60 Å². The van der Waals surface area contributed by atoms with Gasteiger partial charge in [0.25, 0.3) is 0 Å². The van der Waals surface area contributed by atoms with Crippen LogP contribution in [-0.4, -0.2) is 35.7 Å². The van der Waals surface area contributed by atoms with E-state index >= 15 is 0 Å². The number of rotatable bonds is 7. The molecule has 0 aliphatic heterocycles. The average Bonchev–Trinajstić information content (AvgIpc) is 3.10. The minimum absolute atomic E-state index is 0.291. The van der Waals surface area contributed by atoms with E-state index < -0.39 is 5.60 Å². The molecule has 5 nitrogen and oxygen atoms in total. The number of para-hydroxylation sites is 1. The molecule has 0 amide bonds. The molecule has 0 bridgehead atoms. The quantitative estimate of drug-likeness (QED) is 0.384. The Morgan fingerprint density at radius 3 is 2.59 bits per heavy atom. The van der Waals surface area contributed by atoms with Gasteiger partial charge in [-0.05, 0) is 37.5 Å². The summed E-state index contributed by atoms with van der Waals surface area (Å²) in [7, 11) is 0. The summed E-state index contributed by atoms with van der Waals surface area (Å²) in [6.45, 7) is 5.65. The van der Waals surface area contributed by atoms with Crippen molar-refractivity contribution in [1.29, 1.82) is 0 Å². The van der Waals surface area contributed by atoms with E-state index in [0.29, 0.717) is 12.5 Å². The highest BCUT2D eigenvalue weighted by molar-refractivity contribution is 5.83. The normalized spacial score (nSPS) is 14.1. The maximum Gasteiger partial charge on any atom is 0.191 e. The molecule has 0 fully saturated rings. The van der Waals surface area contributed by atoms with Crippen LogP contribution in [0.25, 0.3) is 10.9 Å². The predicted molar refractivity (Wildman–Crippen MR) is 112 cm³/mol. The fourth-order valence-corrected chi connectivity index (χ4v) is 3.12. The van der Waals surface area contributed by atoms with Gasteiger partial charge >= 0.3 is 0 Å². The maximum absolute atomic E-state index is 10.7. The third-order valence-electron chi connectivity index (χ3n) is 4.65. The molecule has 27 heavy (non-hydrogen) atoms. The van der Waals surface area contributed by atoms with Gasteiger partial charge in [-0.3, -0.25) is 0 Å². The number of hydrogen-bond acceptors (Lipinski definition) is 2. The van der Waals surface area contributed by atoms with Gasteiger partial charge in [-0.25, -0.2) is 4.99 Å². The van der Waals surface area contributed by atoms with Crippen LogP contribution in [-0.2, 0) is 12.0 Å². The van der Waals surface area contributed by atoms with Crippen LogP contribution >= 0.6 is 0 Å². The van der Waals surface area contributed by atoms with Gasteiger partial charge in [-0.2, -0.15) is 0 Å². The summed E-state index contributed by atoms with van der Waals surface area (Å²) in [5.74, 6) is 0.716. The summed E-state index contributed by atoms with van der Waals surface area (Å²) < 4.78 is 0. The molecule has 142 valence electrons. The third-order valence-corrected chi connectivity index (χ3v) is 4.65. The van der Waals surface area contributed by atoms with Crippen LogP contribution < -0.4 is 10.6 Å². The number of aliphatic hydroxyl groups is 1. The number of benzene rings is 2. The largest absolute Gasteiger partial charge is 0.384 e. The molecule has 0 saturated carbocycles. The SMILES string of the molecule is CCNC(=NCC(C)(O)c1ccccc1)NCCc1c[nH]c2ccccc12. The van der Waals surface area contributed by atoms with E-state index in [2.05, 4.69) is 45.0 Å². The summed E-state index contributed by atoms with van der Waals surface area (Å²) in [6.07, 6.45) is 2.96. The van der Waals surface area contributed by atoms with Crippen LogP contribution in [0, 0.1) is 0 Å². The Bertz CT molecular complexity index is 883. The second kappa shape index (κ2) is 8.73. The van der Waals surface area contributed by atoms with Gasteiger partial charge < -0.3 is 20.7 Å². The predicted octanol–water partition coefficient (Wildman–Crippen LogP) is 3.17. The molecule has 3 rings (SSSR count). The van der Waals surface area contributed by atoms with Crippen LogP contribution in [0.2, 0.25) is 0 Å². The van der Waals surface area contributed by atoms with Crippen molar-refractivity contribution in [3.05, 3.63) is 71.9 Å². The summed E-state index contributed by atoms with van der Waals surface area (Å²) in [5, 5.41) is 18.6. The molecular weight excluding hydrogens is 336 g/mol. The molecule has 3 aromatic rings. The van der Waals surface area contributed by atoms with Crippen LogP contribution in [0.5, 0.6) is 0 Å². The fraction of sp³-hybridized carbons (Fsp3) is 0.318. The number of aromatic amines is 1. The molecule has 5 heteroatoms. The standard InChI is InChI=1S/C22H28N4O/c1-3-23-21(26-16-22(2,27)18-9-5-4-6-10-18)24-14-13-17-15-25-20-12-8-7-11-19(17)20/h4-12,15,25,27H,3,13-14,16H2,1-2H3,(H2,23,24,26). The minimum Gasteiger partial charge on any atom is -0.384 e. The van der Waals surface area contributed by atoms with Gasteiger partial charge in [-0.1, -0.05) is 48.5 Å². The van der Waals surface area contributed by atoms with E-state index in [4.69, 9.17) is 0 Å². The van der Waals surface area contributed by atoms with Crippen molar-refractivity contribution in [2.75, 3.05) is 19.6 Å². The van der Waals surface area contributed by atoms with Crippen molar-refractivity contribution < 1.29 is 5.11 Å². The number of guanidine groups is 1. The molecule has 0 saturated heterocycles. The van der Waals surface area contributed by atoms with Crippen molar-refractivity contribution in [3.8, 4) is 0 Å². The van der Waals surface area contributed by atoms with E-state index in [1.54, 1.807) is 6.92 Å². The molecule has 0 spiro atoms. The topological polar surface area (TPSA) is 72.4 Å². The molecule has 1 heterocycles. The van der Waals surface area contributed by atoms with E-state index in [-0.39, 0.29) is 0 Å². The molecular formula is C22H28N4O. The first kappa shape index (κ1) is 19.0. The lowest BCUT2D eigenvalue weighted by molar-refractivity contribution is 0.0672. The van der Waals surface area contributed by atoms with Crippen molar-refractivity contribution >= 4 is 16.9 Å². The molecule has 0 aliphatic rings. The van der Waals surface area contributed by atoms with Gasteiger partial charge in [0.05, 0.1) is 6.54 Å². The zero-order valence-electron chi connectivity index (χ0n) is 16.0.